The monoisotopic (exact) mass is 225 g/mol. The average Bonchev–Trinajstić information content (AvgIpc) is 2.67. The second-order valence-corrected chi connectivity index (χ2v) is 4.06. The van der Waals surface area contributed by atoms with E-state index in [1.807, 2.05) is 18.7 Å². The van der Waals surface area contributed by atoms with Crippen LogP contribution in [0.5, 0.6) is 0 Å². The lowest BCUT2D eigenvalue weighted by Crippen LogP contribution is -2.31. The predicted molar refractivity (Wildman–Crippen MR) is 62.9 cm³/mol. The maximum absolute atomic E-state index is 11.1. The largest absolute Gasteiger partial charge is 0.437 e. The van der Waals surface area contributed by atoms with Gasteiger partial charge in [-0.25, -0.2) is 0 Å². The summed E-state index contributed by atoms with van der Waals surface area (Å²) in [7, 11) is 0. The van der Waals surface area contributed by atoms with Crippen molar-refractivity contribution in [1.82, 2.24) is 0 Å². The van der Waals surface area contributed by atoms with Gasteiger partial charge in [-0.15, -0.1) is 0 Å². The lowest BCUT2D eigenvalue weighted by Gasteiger charge is -2.25. The lowest BCUT2D eigenvalue weighted by molar-refractivity contribution is 0.0987. The first-order valence-electron chi connectivity index (χ1n) is 5.54. The molecule has 0 aliphatic rings. The van der Waals surface area contributed by atoms with Gasteiger partial charge in [-0.05, 0) is 26.3 Å². The standard InChI is InChI=1S/C12H19NO3/c1-9(2)13(7-4-8-14)12-6-5-11(16-12)10(3)15/h5-6,9,14H,4,7-8H2,1-3H3. The number of rotatable bonds is 6. The summed E-state index contributed by atoms with van der Waals surface area (Å²) in [4.78, 5) is 13.1. The Morgan fingerprint density at radius 1 is 1.50 bits per heavy atom. The molecule has 1 heterocycles. The summed E-state index contributed by atoms with van der Waals surface area (Å²) in [6.45, 7) is 6.46. The fourth-order valence-corrected chi connectivity index (χ4v) is 1.54. The Bertz CT molecular complexity index is 344. The lowest BCUT2D eigenvalue weighted by atomic mass is 10.3. The van der Waals surface area contributed by atoms with Crippen molar-refractivity contribution in [2.45, 2.75) is 33.2 Å². The number of furan rings is 1. The van der Waals surface area contributed by atoms with E-state index in [-0.39, 0.29) is 18.4 Å². The van der Waals surface area contributed by atoms with Crippen LogP contribution < -0.4 is 4.90 Å². The third-order valence-electron chi connectivity index (χ3n) is 2.40. The molecule has 0 unspecified atom stereocenters. The minimum atomic E-state index is -0.0721. The Kier molecular flexibility index (Phi) is 4.55. The van der Waals surface area contributed by atoms with E-state index in [9.17, 15) is 4.79 Å². The van der Waals surface area contributed by atoms with E-state index >= 15 is 0 Å². The topological polar surface area (TPSA) is 53.7 Å². The summed E-state index contributed by atoms with van der Waals surface area (Å²) in [5.41, 5.74) is 0. The Hall–Kier alpha value is -1.29. The summed E-state index contributed by atoms with van der Waals surface area (Å²) in [5.74, 6) is 0.996. The molecule has 1 aromatic rings. The summed E-state index contributed by atoms with van der Waals surface area (Å²) >= 11 is 0. The van der Waals surface area contributed by atoms with Crippen LogP contribution in [0.25, 0.3) is 0 Å². The van der Waals surface area contributed by atoms with E-state index in [2.05, 4.69) is 0 Å². The van der Waals surface area contributed by atoms with Gasteiger partial charge in [0.05, 0.1) is 0 Å². The van der Waals surface area contributed by atoms with E-state index in [0.29, 0.717) is 18.1 Å². The molecule has 0 saturated heterocycles. The molecular formula is C12H19NO3. The highest BCUT2D eigenvalue weighted by atomic mass is 16.4. The first-order valence-corrected chi connectivity index (χ1v) is 5.54. The molecule has 1 N–H and O–H groups in total. The number of aliphatic hydroxyl groups is 1. The number of ketones is 1. The summed E-state index contributed by atoms with van der Waals surface area (Å²) < 4.78 is 5.46. The van der Waals surface area contributed by atoms with Crippen molar-refractivity contribution in [1.29, 1.82) is 0 Å². The van der Waals surface area contributed by atoms with Crippen LogP contribution in [0.4, 0.5) is 5.88 Å². The van der Waals surface area contributed by atoms with Gasteiger partial charge in [-0.1, -0.05) is 0 Å². The van der Waals surface area contributed by atoms with Crippen LogP contribution in [0.15, 0.2) is 16.5 Å². The Morgan fingerprint density at radius 2 is 2.19 bits per heavy atom. The van der Waals surface area contributed by atoms with Crippen LogP contribution in [0.1, 0.15) is 37.7 Å². The Balaban J connectivity index is 2.80. The fourth-order valence-electron chi connectivity index (χ4n) is 1.54. The van der Waals surface area contributed by atoms with Crippen LogP contribution in [-0.4, -0.2) is 30.1 Å². The molecule has 0 bridgehead atoms. The van der Waals surface area contributed by atoms with E-state index in [1.54, 1.807) is 12.1 Å². The molecule has 0 saturated carbocycles. The summed E-state index contributed by atoms with van der Waals surface area (Å²) in [6.07, 6.45) is 0.689. The number of aliphatic hydroxyl groups excluding tert-OH is 1. The van der Waals surface area contributed by atoms with Gasteiger partial charge >= 0.3 is 0 Å². The molecule has 0 amide bonds. The molecular weight excluding hydrogens is 206 g/mol. The number of hydrogen-bond acceptors (Lipinski definition) is 4. The molecule has 4 heteroatoms. The molecule has 0 radical (unpaired) electrons. The third-order valence-corrected chi connectivity index (χ3v) is 2.40. The van der Waals surface area contributed by atoms with Crippen LogP contribution in [0, 0.1) is 0 Å². The average molecular weight is 225 g/mol. The number of carbonyl (C=O) groups is 1. The Morgan fingerprint density at radius 3 is 2.62 bits per heavy atom. The van der Waals surface area contributed by atoms with Crippen LogP contribution in [-0.2, 0) is 0 Å². The second kappa shape index (κ2) is 5.70. The SMILES string of the molecule is CC(=O)c1ccc(N(CCCO)C(C)C)o1. The van der Waals surface area contributed by atoms with Crippen LogP contribution in [0.3, 0.4) is 0 Å². The summed E-state index contributed by atoms with van der Waals surface area (Å²) in [6, 6.07) is 3.76. The molecule has 16 heavy (non-hydrogen) atoms. The molecule has 0 aliphatic heterocycles. The highest BCUT2D eigenvalue weighted by Crippen LogP contribution is 2.21. The molecule has 0 fully saturated rings. The minimum Gasteiger partial charge on any atom is -0.437 e. The van der Waals surface area contributed by atoms with Gasteiger partial charge in [0, 0.05) is 32.2 Å². The first kappa shape index (κ1) is 12.8. The van der Waals surface area contributed by atoms with Crippen molar-refractivity contribution >= 4 is 11.7 Å². The molecule has 1 aromatic heterocycles. The van der Waals surface area contributed by atoms with Gasteiger partial charge in [-0.2, -0.15) is 0 Å². The number of anilines is 1. The number of carbonyl (C=O) groups excluding carboxylic acids is 1. The quantitative estimate of drug-likeness (QED) is 0.753. The minimum absolute atomic E-state index is 0.0721. The molecule has 0 atom stereocenters. The van der Waals surface area contributed by atoms with Crippen molar-refractivity contribution in [3.63, 3.8) is 0 Å². The van der Waals surface area contributed by atoms with Gasteiger partial charge in [0.15, 0.2) is 17.4 Å². The molecule has 1 rings (SSSR count). The van der Waals surface area contributed by atoms with Gasteiger partial charge in [-0.3, -0.25) is 4.79 Å². The first-order chi connectivity index (χ1) is 7.56. The maximum atomic E-state index is 11.1. The fraction of sp³-hybridized carbons (Fsp3) is 0.583. The van der Waals surface area contributed by atoms with E-state index in [0.717, 1.165) is 6.54 Å². The van der Waals surface area contributed by atoms with E-state index in [4.69, 9.17) is 9.52 Å². The predicted octanol–water partition coefficient (Wildman–Crippen LogP) is 2.08. The van der Waals surface area contributed by atoms with E-state index in [1.165, 1.54) is 6.92 Å². The Labute approximate surface area is 95.9 Å². The number of nitrogens with zero attached hydrogens (tertiary/aromatic N) is 1. The van der Waals surface area contributed by atoms with Gasteiger partial charge in [0.25, 0.3) is 0 Å². The normalized spacial score (nSPS) is 10.8. The zero-order chi connectivity index (χ0) is 12.1. The van der Waals surface area contributed by atoms with Crippen molar-refractivity contribution in [2.24, 2.45) is 0 Å². The third kappa shape index (κ3) is 3.10. The zero-order valence-electron chi connectivity index (χ0n) is 10.1. The summed E-state index contributed by atoms with van der Waals surface area (Å²) in [5, 5.41) is 8.83. The van der Waals surface area contributed by atoms with Crippen LogP contribution in [0.2, 0.25) is 0 Å². The van der Waals surface area contributed by atoms with Crippen molar-refractivity contribution < 1.29 is 14.3 Å². The van der Waals surface area contributed by atoms with Crippen molar-refractivity contribution in [2.75, 3.05) is 18.1 Å². The number of Topliss-reactive ketones (excluding diaryl/α,β-unsaturated/α-hetero) is 1. The van der Waals surface area contributed by atoms with E-state index < -0.39 is 0 Å². The zero-order valence-corrected chi connectivity index (χ0v) is 10.1. The van der Waals surface area contributed by atoms with Crippen molar-refractivity contribution in [3.05, 3.63) is 17.9 Å². The molecule has 4 nitrogen and oxygen atoms in total. The maximum Gasteiger partial charge on any atom is 0.196 e. The second-order valence-electron chi connectivity index (χ2n) is 4.06. The smallest absolute Gasteiger partial charge is 0.196 e. The van der Waals surface area contributed by atoms with Gasteiger partial charge in [0.2, 0.25) is 0 Å². The highest BCUT2D eigenvalue weighted by Gasteiger charge is 2.15. The molecule has 0 spiro atoms. The molecule has 90 valence electrons. The van der Waals surface area contributed by atoms with Crippen LogP contribution >= 0.6 is 0 Å². The highest BCUT2D eigenvalue weighted by molar-refractivity contribution is 5.91. The van der Waals surface area contributed by atoms with Crippen molar-refractivity contribution in [3.8, 4) is 0 Å². The molecule has 0 aliphatic carbocycles. The van der Waals surface area contributed by atoms with Gasteiger partial charge < -0.3 is 14.4 Å². The number of hydrogen-bond donors (Lipinski definition) is 1. The molecule has 0 aromatic carbocycles. The van der Waals surface area contributed by atoms with Gasteiger partial charge in [0.1, 0.15) is 0 Å².